The maximum atomic E-state index is 10.5. The Bertz CT molecular complexity index is 355. The van der Waals surface area contributed by atoms with Crippen LogP contribution in [0.25, 0.3) is 0 Å². The molecule has 0 radical (unpaired) electrons. The van der Waals surface area contributed by atoms with Crippen molar-refractivity contribution in [2.24, 2.45) is 11.8 Å². The van der Waals surface area contributed by atoms with Crippen LogP contribution >= 0.6 is 0 Å². The summed E-state index contributed by atoms with van der Waals surface area (Å²) in [6.07, 6.45) is 7.34. The smallest absolute Gasteiger partial charge is 0.125 e. The summed E-state index contributed by atoms with van der Waals surface area (Å²) in [5.74, 6) is 1.89. The molecule has 92 valence electrons. The molecular weight excluding hydrogens is 212 g/mol. The Labute approximate surface area is 103 Å². The molecule has 1 saturated carbocycles. The lowest BCUT2D eigenvalue weighted by molar-refractivity contribution is -0.114. The highest BCUT2D eigenvalue weighted by Crippen LogP contribution is 2.31. The van der Waals surface area contributed by atoms with Gasteiger partial charge in [-0.15, -0.1) is 0 Å². The number of hydrogen-bond donors (Lipinski definition) is 1. The number of carbonyl (C=O) groups excluding carboxylic acids is 1. The third-order valence-corrected chi connectivity index (χ3v) is 3.40. The van der Waals surface area contributed by atoms with Gasteiger partial charge in [0.15, 0.2) is 0 Å². The Morgan fingerprint density at radius 1 is 1.47 bits per heavy atom. The lowest BCUT2D eigenvalue weighted by Gasteiger charge is -2.31. The predicted molar refractivity (Wildman–Crippen MR) is 69.0 cm³/mol. The van der Waals surface area contributed by atoms with E-state index in [-0.39, 0.29) is 0 Å². The number of nitrogens with zero attached hydrogens (tertiary/aromatic N) is 1. The Kier molecular flexibility index (Phi) is 4.13. The Morgan fingerprint density at radius 2 is 2.29 bits per heavy atom. The van der Waals surface area contributed by atoms with E-state index in [1.54, 1.807) is 0 Å². The van der Waals surface area contributed by atoms with Gasteiger partial charge in [-0.05, 0) is 36.8 Å². The monoisotopic (exact) mass is 232 g/mol. The Balaban J connectivity index is 1.74. The third-order valence-electron chi connectivity index (χ3n) is 3.40. The molecule has 0 atom stereocenters. The summed E-state index contributed by atoms with van der Waals surface area (Å²) >= 11 is 0. The minimum absolute atomic E-state index is 0.307. The summed E-state index contributed by atoms with van der Waals surface area (Å²) in [5.41, 5.74) is 1.29. The van der Waals surface area contributed by atoms with Crippen molar-refractivity contribution in [3.63, 3.8) is 0 Å². The molecular formula is C14H20N2O. The molecule has 17 heavy (non-hydrogen) atoms. The van der Waals surface area contributed by atoms with Gasteiger partial charge in [0.25, 0.3) is 0 Å². The van der Waals surface area contributed by atoms with Gasteiger partial charge in [-0.1, -0.05) is 19.4 Å². The largest absolute Gasteiger partial charge is 0.370 e. The van der Waals surface area contributed by atoms with Gasteiger partial charge in [-0.2, -0.15) is 0 Å². The number of aldehydes is 1. The summed E-state index contributed by atoms with van der Waals surface area (Å²) < 4.78 is 0. The molecule has 1 fully saturated rings. The van der Waals surface area contributed by atoms with Gasteiger partial charge in [0, 0.05) is 18.7 Å². The number of anilines is 1. The van der Waals surface area contributed by atoms with Crippen molar-refractivity contribution in [3.8, 4) is 0 Å². The van der Waals surface area contributed by atoms with Gasteiger partial charge in [-0.3, -0.25) is 0 Å². The number of aryl methyl sites for hydroxylation is 1. The van der Waals surface area contributed by atoms with Crippen molar-refractivity contribution in [1.82, 2.24) is 4.98 Å². The first-order valence-electron chi connectivity index (χ1n) is 6.46. The van der Waals surface area contributed by atoms with Gasteiger partial charge in [0.05, 0.1) is 0 Å². The quantitative estimate of drug-likeness (QED) is 0.767. The predicted octanol–water partition coefficient (Wildman–Crippen LogP) is 2.67. The Hall–Kier alpha value is -1.38. The molecule has 1 aliphatic rings. The minimum Gasteiger partial charge on any atom is -0.370 e. The van der Waals surface area contributed by atoms with Crippen LogP contribution in [0.1, 0.15) is 31.7 Å². The number of rotatable bonds is 6. The second-order valence-corrected chi connectivity index (χ2v) is 4.92. The highest BCUT2D eigenvalue weighted by atomic mass is 16.1. The summed E-state index contributed by atoms with van der Waals surface area (Å²) in [5, 5.41) is 3.33. The van der Waals surface area contributed by atoms with E-state index in [9.17, 15) is 4.79 Å². The van der Waals surface area contributed by atoms with Crippen LogP contribution in [0.2, 0.25) is 0 Å². The molecule has 1 aromatic heterocycles. The molecule has 1 heterocycles. The molecule has 3 nitrogen and oxygen atoms in total. The molecule has 0 unspecified atom stereocenters. The maximum Gasteiger partial charge on any atom is 0.125 e. The van der Waals surface area contributed by atoms with Crippen LogP contribution in [-0.4, -0.2) is 17.8 Å². The Morgan fingerprint density at radius 3 is 2.88 bits per heavy atom. The highest BCUT2D eigenvalue weighted by Gasteiger charge is 2.28. The topological polar surface area (TPSA) is 42.0 Å². The third kappa shape index (κ3) is 3.29. The normalized spacial score (nSPS) is 22.9. The molecule has 0 bridgehead atoms. The van der Waals surface area contributed by atoms with Gasteiger partial charge in [0.1, 0.15) is 12.1 Å². The van der Waals surface area contributed by atoms with E-state index in [1.807, 2.05) is 12.3 Å². The molecule has 1 N–H and O–H groups in total. The van der Waals surface area contributed by atoms with Crippen LogP contribution in [0.15, 0.2) is 18.3 Å². The number of hydrogen-bond acceptors (Lipinski definition) is 3. The van der Waals surface area contributed by atoms with Crippen LogP contribution in [0.4, 0.5) is 5.82 Å². The standard InChI is InChI=1S/C14H20N2O/c1-2-3-11-4-5-14(15-8-11)16-9-12-6-13(7-12)10-17/h4-5,8,10,12-13H,2-3,6-7,9H2,1H3,(H,15,16). The number of carbonyl (C=O) groups is 1. The lowest BCUT2D eigenvalue weighted by atomic mass is 9.76. The van der Waals surface area contributed by atoms with Crippen molar-refractivity contribution in [2.75, 3.05) is 11.9 Å². The van der Waals surface area contributed by atoms with E-state index in [2.05, 4.69) is 23.3 Å². The molecule has 0 aromatic carbocycles. The summed E-state index contributed by atoms with van der Waals surface area (Å²) in [4.78, 5) is 14.9. The van der Waals surface area contributed by atoms with Crippen molar-refractivity contribution in [3.05, 3.63) is 23.9 Å². The molecule has 0 aliphatic heterocycles. The molecule has 0 saturated heterocycles. The zero-order valence-electron chi connectivity index (χ0n) is 10.4. The molecule has 3 heteroatoms. The second kappa shape index (κ2) is 5.80. The number of nitrogens with one attached hydrogen (secondary N) is 1. The van der Waals surface area contributed by atoms with E-state index in [1.165, 1.54) is 5.56 Å². The SMILES string of the molecule is CCCc1ccc(NCC2CC(C=O)C2)nc1. The number of pyridine rings is 1. The van der Waals surface area contributed by atoms with Crippen LogP contribution in [-0.2, 0) is 11.2 Å². The molecule has 2 rings (SSSR count). The number of aromatic nitrogens is 1. The molecule has 1 aromatic rings. The van der Waals surface area contributed by atoms with Crippen molar-refractivity contribution in [1.29, 1.82) is 0 Å². The van der Waals surface area contributed by atoms with Crippen LogP contribution in [0.3, 0.4) is 0 Å². The van der Waals surface area contributed by atoms with E-state index in [0.29, 0.717) is 11.8 Å². The van der Waals surface area contributed by atoms with Crippen LogP contribution in [0.5, 0.6) is 0 Å². The van der Waals surface area contributed by atoms with Crippen LogP contribution in [0, 0.1) is 11.8 Å². The van der Waals surface area contributed by atoms with Gasteiger partial charge >= 0.3 is 0 Å². The summed E-state index contributed by atoms with van der Waals surface area (Å²) in [6.45, 7) is 3.11. The second-order valence-electron chi connectivity index (χ2n) is 4.92. The fourth-order valence-electron chi connectivity index (χ4n) is 2.28. The van der Waals surface area contributed by atoms with E-state index in [4.69, 9.17) is 0 Å². The van der Waals surface area contributed by atoms with Gasteiger partial charge < -0.3 is 10.1 Å². The zero-order valence-corrected chi connectivity index (χ0v) is 10.4. The first-order chi connectivity index (χ1) is 8.31. The van der Waals surface area contributed by atoms with Gasteiger partial charge in [-0.25, -0.2) is 4.98 Å². The molecule has 1 aliphatic carbocycles. The van der Waals surface area contributed by atoms with Crippen molar-refractivity contribution in [2.45, 2.75) is 32.6 Å². The fourth-order valence-corrected chi connectivity index (χ4v) is 2.28. The first-order valence-corrected chi connectivity index (χ1v) is 6.46. The van der Waals surface area contributed by atoms with Gasteiger partial charge in [0.2, 0.25) is 0 Å². The zero-order chi connectivity index (χ0) is 12.1. The van der Waals surface area contributed by atoms with E-state index in [0.717, 1.165) is 44.3 Å². The maximum absolute atomic E-state index is 10.5. The average Bonchev–Trinajstić information content (AvgIpc) is 2.30. The average molecular weight is 232 g/mol. The van der Waals surface area contributed by atoms with Crippen LogP contribution < -0.4 is 5.32 Å². The first kappa shape index (κ1) is 12.1. The lowest BCUT2D eigenvalue weighted by Crippen LogP contribution is -2.30. The van der Waals surface area contributed by atoms with E-state index >= 15 is 0 Å². The molecule has 0 spiro atoms. The summed E-state index contributed by atoms with van der Waals surface area (Å²) in [7, 11) is 0. The summed E-state index contributed by atoms with van der Waals surface area (Å²) in [6, 6.07) is 4.18. The molecule has 0 amide bonds. The highest BCUT2D eigenvalue weighted by molar-refractivity contribution is 5.55. The minimum atomic E-state index is 0.307. The van der Waals surface area contributed by atoms with Crippen molar-refractivity contribution >= 4 is 12.1 Å². The fraction of sp³-hybridized carbons (Fsp3) is 0.571. The van der Waals surface area contributed by atoms with Crippen molar-refractivity contribution < 1.29 is 4.79 Å². The van der Waals surface area contributed by atoms with E-state index < -0.39 is 0 Å².